The fraction of sp³-hybridized carbons (Fsp3) is 0.533. The predicted molar refractivity (Wildman–Crippen MR) is 76.2 cm³/mol. The lowest BCUT2D eigenvalue weighted by atomic mass is 10.1. The number of nitrogens with two attached hydrogens (primary N) is 1. The van der Waals surface area contributed by atoms with E-state index in [0.29, 0.717) is 38.8 Å². The van der Waals surface area contributed by atoms with Gasteiger partial charge in [-0.3, -0.25) is 0 Å². The normalized spacial score (nSPS) is 18.2. The van der Waals surface area contributed by atoms with Crippen LogP contribution in [0.4, 0.5) is 4.79 Å². The number of hydrogen-bond acceptors (Lipinski definition) is 4. The van der Waals surface area contributed by atoms with Gasteiger partial charge in [0.05, 0.1) is 13.2 Å². The predicted octanol–water partition coefficient (Wildman–Crippen LogP) is 1.62. The van der Waals surface area contributed by atoms with E-state index in [1.165, 1.54) is 0 Å². The highest BCUT2D eigenvalue weighted by Gasteiger charge is 2.27. The Morgan fingerprint density at radius 2 is 2.15 bits per heavy atom. The maximum absolute atomic E-state index is 11.9. The topological polar surface area (TPSA) is 64.8 Å². The summed E-state index contributed by atoms with van der Waals surface area (Å²) in [5.74, 6) is 0.394. The molecule has 1 unspecified atom stereocenters. The number of carbonyl (C=O) groups is 1. The third kappa shape index (κ3) is 4.51. The first-order chi connectivity index (χ1) is 9.79. The molecule has 20 heavy (non-hydrogen) atoms. The zero-order valence-electron chi connectivity index (χ0n) is 11.7. The Bertz CT molecular complexity index is 411. The number of carbonyl (C=O) groups excluding carboxylic acids is 1. The van der Waals surface area contributed by atoms with Gasteiger partial charge in [0, 0.05) is 25.6 Å². The van der Waals surface area contributed by atoms with Crippen LogP contribution in [0.15, 0.2) is 30.3 Å². The molecule has 1 amide bonds. The van der Waals surface area contributed by atoms with Gasteiger partial charge in [-0.15, -0.1) is 0 Å². The van der Waals surface area contributed by atoms with E-state index in [9.17, 15) is 4.79 Å². The Labute approximate surface area is 119 Å². The Morgan fingerprint density at radius 1 is 1.35 bits per heavy atom. The molecule has 0 aromatic heterocycles. The molecule has 1 aliphatic rings. The highest BCUT2D eigenvalue weighted by atomic mass is 16.6. The SMILES string of the molecule is NCCOCC1CCN(C(=O)OCc2ccccc2)C1. The molecule has 110 valence electrons. The van der Waals surface area contributed by atoms with E-state index in [4.69, 9.17) is 15.2 Å². The summed E-state index contributed by atoms with van der Waals surface area (Å²) in [6.07, 6.45) is 0.723. The minimum atomic E-state index is -0.241. The Morgan fingerprint density at radius 3 is 2.90 bits per heavy atom. The van der Waals surface area contributed by atoms with Crippen LogP contribution in [0, 0.1) is 5.92 Å². The lowest BCUT2D eigenvalue weighted by molar-refractivity contribution is 0.0916. The van der Waals surface area contributed by atoms with Crippen molar-refractivity contribution in [1.29, 1.82) is 0 Å². The molecule has 1 aliphatic heterocycles. The van der Waals surface area contributed by atoms with E-state index in [1.807, 2.05) is 30.3 Å². The number of nitrogens with zero attached hydrogens (tertiary/aromatic N) is 1. The molecule has 1 aromatic carbocycles. The first-order valence-electron chi connectivity index (χ1n) is 7.03. The van der Waals surface area contributed by atoms with Gasteiger partial charge in [0.25, 0.3) is 0 Å². The van der Waals surface area contributed by atoms with Crippen molar-refractivity contribution in [3.63, 3.8) is 0 Å². The number of amides is 1. The maximum Gasteiger partial charge on any atom is 0.410 e. The zero-order chi connectivity index (χ0) is 14.2. The second-order valence-corrected chi connectivity index (χ2v) is 5.00. The number of benzene rings is 1. The molecule has 0 aliphatic carbocycles. The van der Waals surface area contributed by atoms with Crippen LogP contribution >= 0.6 is 0 Å². The average Bonchev–Trinajstić information content (AvgIpc) is 2.95. The maximum atomic E-state index is 11.9. The molecule has 1 fully saturated rings. The largest absolute Gasteiger partial charge is 0.445 e. The van der Waals surface area contributed by atoms with Crippen LogP contribution in [0.5, 0.6) is 0 Å². The molecule has 0 saturated carbocycles. The van der Waals surface area contributed by atoms with Crippen LogP contribution in [-0.2, 0) is 16.1 Å². The van der Waals surface area contributed by atoms with Crippen molar-refractivity contribution < 1.29 is 14.3 Å². The van der Waals surface area contributed by atoms with E-state index in [2.05, 4.69) is 0 Å². The molecule has 0 spiro atoms. The minimum Gasteiger partial charge on any atom is -0.445 e. The Kier molecular flexibility index (Phi) is 5.83. The molecule has 5 nitrogen and oxygen atoms in total. The van der Waals surface area contributed by atoms with Gasteiger partial charge in [-0.2, -0.15) is 0 Å². The lowest BCUT2D eigenvalue weighted by Crippen LogP contribution is -2.30. The highest BCUT2D eigenvalue weighted by molar-refractivity contribution is 5.68. The summed E-state index contributed by atoms with van der Waals surface area (Å²) >= 11 is 0. The fourth-order valence-electron chi connectivity index (χ4n) is 2.28. The highest BCUT2D eigenvalue weighted by Crippen LogP contribution is 2.17. The van der Waals surface area contributed by atoms with Crippen molar-refractivity contribution in [2.75, 3.05) is 32.8 Å². The summed E-state index contributed by atoms with van der Waals surface area (Å²) in [5.41, 5.74) is 6.38. The first-order valence-corrected chi connectivity index (χ1v) is 7.03. The first kappa shape index (κ1) is 14.8. The van der Waals surface area contributed by atoms with Crippen molar-refractivity contribution in [3.05, 3.63) is 35.9 Å². The summed E-state index contributed by atoms with van der Waals surface area (Å²) in [6, 6.07) is 9.70. The lowest BCUT2D eigenvalue weighted by Gasteiger charge is -2.16. The minimum absolute atomic E-state index is 0.241. The average molecular weight is 278 g/mol. The number of rotatable bonds is 6. The standard InChI is InChI=1S/C15H22N2O3/c16-7-9-19-11-14-6-8-17(10-14)15(18)20-12-13-4-2-1-3-5-13/h1-5,14H,6-12,16H2. The van der Waals surface area contributed by atoms with Crippen LogP contribution < -0.4 is 5.73 Å². The van der Waals surface area contributed by atoms with Crippen LogP contribution in [0.1, 0.15) is 12.0 Å². The number of ether oxygens (including phenoxy) is 2. The summed E-state index contributed by atoms with van der Waals surface area (Å²) in [7, 11) is 0. The van der Waals surface area contributed by atoms with Gasteiger partial charge >= 0.3 is 6.09 Å². The van der Waals surface area contributed by atoms with E-state index in [1.54, 1.807) is 4.90 Å². The van der Waals surface area contributed by atoms with E-state index < -0.39 is 0 Å². The fourth-order valence-corrected chi connectivity index (χ4v) is 2.28. The van der Waals surface area contributed by atoms with Crippen molar-refractivity contribution in [2.24, 2.45) is 11.7 Å². The molecule has 1 atom stereocenters. The quantitative estimate of drug-likeness (QED) is 0.803. The van der Waals surface area contributed by atoms with Crippen LogP contribution in [0.3, 0.4) is 0 Å². The van der Waals surface area contributed by atoms with Crippen LogP contribution in [-0.4, -0.2) is 43.8 Å². The number of hydrogen-bond donors (Lipinski definition) is 1. The van der Waals surface area contributed by atoms with Gasteiger partial charge in [-0.05, 0) is 12.0 Å². The smallest absolute Gasteiger partial charge is 0.410 e. The van der Waals surface area contributed by atoms with Crippen LogP contribution in [0.2, 0.25) is 0 Å². The van der Waals surface area contributed by atoms with Crippen molar-refractivity contribution in [3.8, 4) is 0 Å². The van der Waals surface area contributed by atoms with Gasteiger partial charge in [0.1, 0.15) is 6.61 Å². The van der Waals surface area contributed by atoms with Gasteiger partial charge in [-0.1, -0.05) is 30.3 Å². The van der Waals surface area contributed by atoms with E-state index in [0.717, 1.165) is 18.5 Å². The second-order valence-electron chi connectivity index (χ2n) is 5.00. The van der Waals surface area contributed by atoms with E-state index in [-0.39, 0.29) is 6.09 Å². The van der Waals surface area contributed by atoms with Crippen molar-refractivity contribution in [1.82, 2.24) is 4.90 Å². The molecule has 1 saturated heterocycles. The summed E-state index contributed by atoms with van der Waals surface area (Å²) in [6.45, 7) is 3.55. The van der Waals surface area contributed by atoms with Crippen molar-refractivity contribution >= 4 is 6.09 Å². The zero-order valence-corrected chi connectivity index (χ0v) is 11.7. The summed E-state index contributed by atoms with van der Waals surface area (Å²) in [5, 5.41) is 0. The molecule has 0 bridgehead atoms. The third-order valence-electron chi connectivity index (χ3n) is 3.36. The van der Waals surface area contributed by atoms with Gasteiger partial charge in [0.2, 0.25) is 0 Å². The molecular weight excluding hydrogens is 256 g/mol. The Hall–Kier alpha value is -1.59. The molecule has 1 heterocycles. The van der Waals surface area contributed by atoms with E-state index >= 15 is 0 Å². The van der Waals surface area contributed by atoms with Gasteiger partial charge < -0.3 is 20.1 Å². The summed E-state index contributed by atoms with van der Waals surface area (Å²) in [4.78, 5) is 13.7. The number of likely N-dealkylation sites (tertiary alicyclic amines) is 1. The second kappa shape index (κ2) is 7.87. The van der Waals surface area contributed by atoms with Gasteiger partial charge in [0.15, 0.2) is 0 Å². The molecule has 2 rings (SSSR count). The molecule has 0 radical (unpaired) electrons. The molecular formula is C15H22N2O3. The monoisotopic (exact) mass is 278 g/mol. The molecule has 5 heteroatoms. The van der Waals surface area contributed by atoms with Crippen molar-refractivity contribution in [2.45, 2.75) is 13.0 Å². The van der Waals surface area contributed by atoms with Gasteiger partial charge in [-0.25, -0.2) is 4.79 Å². The molecule has 2 N–H and O–H groups in total. The van der Waals surface area contributed by atoms with Crippen LogP contribution in [0.25, 0.3) is 0 Å². The summed E-state index contributed by atoms with van der Waals surface area (Å²) < 4.78 is 10.7. The Balaban J connectivity index is 1.69. The third-order valence-corrected chi connectivity index (χ3v) is 3.36. The molecule has 1 aromatic rings.